The zero-order valence-corrected chi connectivity index (χ0v) is 12.5. The minimum Gasteiger partial charge on any atom is -0.379 e. The number of anilines is 1. The van der Waals surface area contributed by atoms with Crippen LogP contribution in [0.2, 0.25) is 0 Å². The van der Waals surface area contributed by atoms with Gasteiger partial charge in [-0.05, 0) is 19.9 Å². The lowest BCUT2D eigenvalue weighted by atomic mass is 10.1. The summed E-state index contributed by atoms with van der Waals surface area (Å²) >= 11 is 1.59. The normalized spacial score (nSPS) is 11.0. The molecule has 0 fully saturated rings. The lowest BCUT2D eigenvalue weighted by Gasteiger charge is -2.09. The van der Waals surface area contributed by atoms with E-state index in [0.29, 0.717) is 12.1 Å². The highest BCUT2D eigenvalue weighted by Crippen LogP contribution is 2.26. The Kier molecular flexibility index (Phi) is 3.34. The quantitative estimate of drug-likeness (QED) is 0.591. The van der Waals surface area contributed by atoms with E-state index < -0.39 is 0 Å². The Labute approximate surface area is 125 Å². The van der Waals surface area contributed by atoms with Crippen molar-refractivity contribution in [3.8, 4) is 0 Å². The first-order valence-electron chi connectivity index (χ1n) is 6.47. The number of hydrogen-bond acceptors (Lipinski definition) is 5. The number of benzene rings is 1. The van der Waals surface area contributed by atoms with Crippen LogP contribution in [0.4, 0.5) is 11.4 Å². The van der Waals surface area contributed by atoms with E-state index in [1.165, 1.54) is 6.07 Å². The van der Waals surface area contributed by atoms with E-state index in [-0.39, 0.29) is 10.6 Å². The van der Waals surface area contributed by atoms with Crippen LogP contribution in [0, 0.1) is 24.0 Å². The Bertz CT molecular complexity index is 822. The molecule has 0 aliphatic rings. The van der Waals surface area contributed by atoms with Crippen molar-refractivity contribution in [1.29, 1.82) is 0 Å². The maximum absolute atomic E-state index is 11.0. The number of nitrogens with one attached hydrogen (secondary N) is 1. The lowest BCUT2D eigenvalue weighted by molar-refractivity contribution is -0.385. The average molecular weight is 302 g/mol. The van der Waals surface area contributed by atoms with Gasteiger partial charge in [-0.1, -0.05) is 6.07 Å². The Morgan fingerprint density at radius 2 is 2.24 bits per heavy atom. The van der Waals surface area contributed by atoms with Gasteiger partial charge >= 0.3 is 0 Å². The average Bonchev–Trinajstić information content (AvgIpc) is 2.98. The largest absolute Gasteiger partial charge is 0.379 e. The Morgan fingerprint density at radius 1 is 1.43 bits per heavy atom. The van der Waals surface area contributed by atoms with Crippen molar-refractivity contribution in [2.45, 2.75) is 20.4 Å². The van der Waals surface area contributed by atoms with Crippen molar-refractivity contribution in [3.05, 3.63) is 56.8 Å². The summed E-state index contributed by atoms with van der Waals surface area (Å²) in [5.41, 5.74) is 3.58. The molecule has 7 heteroatoms. The molecular formula is C14H14N4O2S. The van der Waals surface area contributed by atoms with Crippen molar-refractivity contribution in [2.24, 2.45) is 0 Å². The first-order valence-corrected chi connectivity index (χ1v) is 7.35. The van der Waals surface area contributed by atoms with Gasteiger partial charge < -0.3 is 5.32 Å². The number of nitro groups is 1. The summed E-state index contributed by atoms with van der Waals surface area (Å²) in [4.78, 5) is 16.1. The van der Waals surface area contributed by atoms with Gasteiger partial charge in [0.2, 0.25) is 0 Å². The van der Waals surface area contributed by atoms with E-state index in [1.54, 1.807) is 24.3 Å². The highest BCUT2D eigenvalue weighted by Gasteiger charge is 2.14. The van der Waals surface area contributed by atoms with E-state index >= 15 is 0 Å². The third kappa shape index (κ3) is 2.36. The van der Waals surface area contributed by atoms with Crippen LogP contribution in [0.1, 0.15) is 17.0 Å². The van der Waals surface area contributed by atoms with Crippen LogP contribution in [-0.4, -0.2) is 14.3 Å². The fourth-order valence-electron chi connectivity index (χ4n) is 2.35. The van der Waals surface area contributed by atoms with Gasteiger partial charge in [-0.2, -0.15) is 0 Å². The molecule has 2 heterocycles. The smallest absolute Gasteiger partial charge is 0.274 e. The van der Waals surface area contributed by atoms with Crippen LogP contribution in [0.15, 0.2) is 29.8 Å². The predicted octanol–water partition coefficient (Wildman–Crippen LogP) is 3.53. The minimum absolute atomic E-state index is 0.130. The summed E-state index contributed by atoms with van der Waals surface area (Å²) in [5.74, 6) is 0. The predicted molar refractivity (Wildman–Crippen MR) is 83.0 cm³/mol. The summed E-state index contributed by atoms with van der Waals surface area (Å²) in [6, 6.07) is 5.06. The van der Waals surface area contributed by atoms with E-state index in [0.717, 1.165) is 22.0 Å². The maximum atomic E-state index is 11.0. The second kappa shape index (κ2) is 5.17. The molecule has 0 saturated heterocycles. The van der Waals surface area contributed by atoms with Gasteiger partial charge in [0.25, 0.3) is 5.69 Å². The number of nitro benzene ring substituents is 1. The Morgan fingerprint density at radius 3 is 3.00 bits per heavy atom. The van der Waals surface area contributed by atoms with Gasteiger partial charge in [-0.25, -0.2) is 4.98 Å². The Balaban J connectivity index is 1.88. The molecule has 1 N–H and O–H groups in total. The highest BCUT2D eigenvalue weighted by atomic mass is 32.1. The molecule has 0 atom stereocenters. The van der Waals surface area contributed by atoms with Crippen LogP contribution < -0.4 is 5.32 Å². The van der Waals surface area contributed by atoms with Gasteiger partial charge in [0.05, 0.1) is 22.9 Å². The SMILES string of the molecule is Cc1nc2sccn2c1CNc1cccc([N+](=O)[O-])c1C. The zero-order valence-electron chi connectivity index (χ0n) is 11.7. The molecule has 0 radical (unpaired) electrons. The van der Waals surface area contributed by atoms with E-state index in [9.17, 15) is 10.1 Å². The topological polar surface area (TPSA) is 72.5 Å². The fourth-order valence-corrected chi connectivity index (χ4v) is 3.12. The number of aromatic nitrogens is 2. The number of imidazole rings is 1. The van der Waals surface area contributed by atoms with Crippen molar-refractivity contribution in [3.63, 3.8) is 0 Å². The molecule has 2 aromatic heterocycles. The van der Waals surface area contributed by atoms with Crippen LogP contribution in [-0.2, 0) is 6.54 Å². The number of fused-ring (bicyclic) bond motifs is 1. The molecule has 108 valence electrons. The molecular weight excluding hydrogens is 288 g/mol. The van der Waals surface area contributed by atoms with Crippen molar-refractivity contribution in [1.82, 2.24) is 9.38 Å². The van der Waals surface area contributed by atoms with Crippen LogP contribution >= 0.6 is 11.3 Å². The van der Waals surface area contributed by atoms with E-state index in [4.69, 9.17) is 0 Å². The van der Waals surface area contributed by atoms with Gasteiger partial charge in [0, 0.05) is 28.9 Å². The first kappa shape index (κ1) is 13.6. The second-order valence-electron chi connectivity index (χ2n) is 4.76. The number of nitrogens with zero attached hydrogens (tertiary/aromatic N) is 3. The first-order chi connectivity index (χ1) is 10.1. The lowest BCUT2D eigenvalue weighted by Crippen LogP contribution is -2.05. The number of hydrogen-bond donors (Lipinski definition) is 1. The number of rotatable bonds is 4. The molecule has 0 aliphatic heterocycles. The van der Waals surface area contributed by atoms with Crippen LogP contribution in [0.25, 0.3) is 4.96 Å². The molecule has 6 nitrogen and oxygen atoms in total. The monoisotopic (exact) mass is 302 g/mol. The van der Waals surface area contributed by atoms with E-state index in [1.807, 2.05) is 29.0 Å². The molecule has 1 aromatic carbocycles. The molecule has 3 rings (SSSR count). The summed E-state index contributed by atoms with van der Waals surface area (Å²) in [6.45, 7) is 4.30. The molecule has 0 spiro atoms. The van der Waals surface area contributed by atoms with Gasteiger partial charge in [-0.3, -0.25) is 14.5 Å². The van der Waals surface area contributed by atoms with Crippen molar-refractivity contribution >= 4 is 27.7 Å². The molecule has 21 heavy (non-hydrogen) atoms. The molecule has 0 saturated carbocycles. The molecule has 3 aromatic rings. The zero-order chi connectivity index (χ0) is 15.0. The Hall–Kier alpha value is -2.41. The minimum atomic E-state index is -0.359. The maximum Gasteiger partial charge on any atom is 0.274 e. The number of thiazole rings is 1. The number of aryl methyl sites for hydroxylation is 1. The van der Waals surface area contributed by atoms with Gasteiger partial charge in [0.15, 0.2) is 4.96 Å². The molecule has 0 unspecified atom stereocenters. The summed E-state index contributed by atoms with van der Waals surface area (Å²) in [7, 11) is 0. The summed E-state index contributed by atoms with van der Waals surface area (Å²) in [6.07, 6.45) is 1.98. The highest BCUT2D eigenvalue weighted by molar-refractivity contribution is 7.15. The fraction of sp³-hybridized carbons (Fsp3) is 0.214. The molecule has 0 aliphatic carbocycles. The summed E-state index contributed by atoms with van der Waals surface area (Å²) in [5, 5.41) is 16.2. The van der Waals surface area contributed by atoms with E-state index in [2.05, 4.69) is 10.3 Å². The van der Waals surface area contributed by atoms with Gasteiger partial charge in [-0.15, -0.1) is 11.3 Å². The standard InChI is InChI=1S/C14H14N4O2S/c1-9-11(4-3-5-12(9)18(19)20)15-8-13-10(2)16-14-17(13)6-7-21-14/h3-7,15H,8H2,1-2H3. The second-order valence-corrected chi connectivity index (χ2v) is 5.63. The molecule has 0 amide bonds. The van der Waals surface area contributed by atoms with Gasteiger partial charge in [0.1, 0.15) is 0 Å². The third-order valence-corrected chi connectivity index (χ3v) is 4.27. The third-order valence-electron chi connectivity index (χ3n) is 3.51. The van der Waals surface area contributed by atoms with Crippen LogP contribution in [0.3, 0.4) is 0 Å². The van der Waals surface area contributed by atoms with Crippen molar-refractivity contribution in [2.75, 3.05) is 5.32 Å². The summed E-state index contributed by atoms with van der Waals surface area (Å²) < 4.78 is 2.04. The molecule has 0 bridgehead atoms. The van der Waals surface area contributed by atoms with Crippen molar-refractivity contribution < 1.29 is 4.92 Å². The van der Waals surface area contributed by atoms with Crippen LogP contribution in [0.5, 0.6) is 0 Å².